The molecule has 11 heteroatoms. The number of methoxy groups -OCH3 is 1. The van der Waals surface area contributed by atoms with E-state index in [0.29, 0.717) is 22.5 Å². The molecular weight excluding hydrogens is 454 g/mol. The van der Waals surface area contributed by atoms with Gasteiger partial charge in [-0.2, -0.15) is 0 Å². The average molecular weight is 476 g/mol. The highest BCUT2D eigenvalue weighted by atomic mass is 32.2. The van der Waals surface area contributed by atoms with E-state index in [4.69, 9.17) is 9.15 Å². The van der Waals surface area contributed by atoms with Crippen LogP contribution in [0.25, 0.3) is 11.5 Å². The second kappa shape index (κ2) is 8.47. The number of nitrogens with zero attached hydrogens (tertiary/aromatic N) is 2. The molecule has 1 aliphatic carbocycles. The molecule has 0 unspecified atom stereocenters. The Balaban J connectivity index is 1.52. The molecule has 1 N–H and O–H groups in total. The predicted molar refractivity (Wildman–Crippen MR) is 118 cm³/mol. The number of carbonyl (C=O) groups excluding carboxylic acids is 2. The minimum absolute atomic E-state index is 0.0507. The third kappa shape index (κ3) is 4.17. The van der Waals surface area contributed by atoms with Crippen LogP contribution in [0.1, 0.15) is 38.3 Å². The van der Waals surface area contributed by atoms with E-state index in [2.05, 4.69) is 15.5 Å². The summed E-state index contributed by atoms with van der Waals surface area (Å²) in [5, 5.41) is 9.63. The van der Waals surface area contributed by atoms with Gasteiger partial charge in [0, 0.05) is 10.4 Å². The SMILES string of the molecule is COC(=O)c1c(NC(=O)CS(=O)(=O)c2nnc(-c3ccc(C)c(C)c3)o2)sc2c1CCC2. The van der Waals surface area contributed by atoms with Crippen LogP contribution < -0.4 is 5.32 Å². The molecule has 0 fully saturated rings. The van der Waals surface area contributed by atoms with Gasteiger partial charge >= 0.3 is 11.2 Å². The Morgan fingerprint density at radius 3 is 2.69 bits per heavy atom. The van der Waals surface area contributed by atoms with Gasteiger partial charge < -0.3 is 14.5 Å². The van der Waals surface area contributed by atoms with Crippen LogP contribution in [0, 0.1) is 13.8 Å². The first kappa shape index (κ1) is 22.2. The van der Waals surface area contributed by atoms with Gasteiger partial charge in [0.2, 0.25) is 21.6 Å². The molecule has 0 radical (unpaired) electrons. The van der Waals surface area contributed by atoms with E-state index in [1.54, 1.807) is 6.07 Å². The van der Waals surface area contributed by atoms with E-state index < -0.39 is 32.7 Å². The highest BCUT2D eigenvalue weighted by Crippen LogP contribution is 2.39. The van der Waals surface area contributed by atoms with Crippen molar-refractivity contribution >= 4 is 38.1 Å². The zero-order valence-corrected chi connectivity index (χ0v) is 19.4. The van der Waals surface area contributed by atoms with Crippen molar-refractivity contribution in [3.05, 3.63) is 45.3 Å². The number of benzene rings is 1. The van der Waals surface area contributed by atoms with Crippen molar-refractivity contribution in [2.75, 3.05) is 18.2 Å². The molecule has 1 amide bonds. The first-order chi connectivity index (χ1) is 15.2. The number of amides is 1. The Morgan fingerprint density at radius 2 is 1.97 bits per heavy atom. The van der Waals surface area contributed by atoms with Gasteiger partial charge in [-0.3, -0.25) is 4.79 Å². The molecule has 1 aliphatic rings. The first-order valence-electron chi connectivity index (χ1n) is 9.86. The molecule has 0 aliphatic heterocycles. The fraction of sp³-hybridized carbons (Fsp3) is 0.333. The number of ether oxygens (including phenoxy) is 1. The second-order valence-electron chi connectivity index (χ2n) is 7.53. The average Bonchev–Trinajstić information content (AvgIpc) is 3.45. The van der Waals surface area contributed by atoms with Crippen molar-refractivity contribution in [1.29, 1.82) is 0 Å². The lowest BCUT2D eigenvalue weighted by molar-refractivity contribution is -0.113. The molecule has 4 rings (SSSR count). The molecule has 3 aromatic rings. The second-order valence-corrected chi connectivity index (χ2v) is 10.5. The number of esters is 1. The van der Waals surface area contributed by atoms with Crippen LogP contribution in [0.3, 0.4) is 0 Å². The lowest BCUT2D eigenvalue weighted by Crippen LogP contribution is -2.24. The highest BCUT2D eigenvalue weighted by molar-refractivity contribution is 7.91. The van der Waals surface area contributed by atoms with Gasteiger partial charge in [0.25, 0.3) is 0 Å². The van der Waals surface area contributed by atoms with E-state index in [1.165, 1.54) is 18.4 Å². The quantitative estimate of drug-likeness (QED) is 0.539. The standard InChI is InChI=1S/C21H21N3O6S2/c1-11-7-8-13(9-12(11)2)18-23-24-21(30-18)32(27,28)10-16(25)22-19-17(20(26)29-3)14-5-4-6-15(14)31-19/h7-9H,4-6,10H2,1-3H3,(H,22,25). The Bertz CT molecular complexity index is 1320. The number of thiophene rings is 1. The van der Waals surface area contributed by atoms with Gasteiger partial charge in [-0.15, -0.1) is 16.4 Å². The number of anilines is 1. The summed E-state index contributed by atoms with van der Waals surface area (Å²) in [6.07, 6.45) is 2.45. The molecule has 168 valence electrons. The number of aromatic nitrogens is 2. The van der Waals surface area contributed by atoms with E-state index in [0.717, 1.165) is 34.4 Å². The summed E-state index contributed by atoms with van der Waals surface area (Å²) in [5.74, 6) is -2.21. The summed E-state index contributed by atoms with van der Waals surface area (Å²) in [6.45, 7) is 3.87. The van der Waals surface area contributed by atoms with Crippen molar-refractivity contribution in [3.8, 4) is 11.5 Å². The van der Waals surface area contributed by atoms with Crippen LogP contribution in [0.5, 0.6) is 0 Å². The number of hydrogen-bond acceptors (Lipinski definition) is 9. The zero-order valence-electron chi connectivity index (χ0n) is 17.7. The van der Waals surface area contributed by atoms with Gasteiger partial charge in [0.05, 0.1) is 12.7 Å². The maximum absolute atomic E-state index is 12.7. The zero-order chi connectivity index (χ0) is 23.0. The molecule has 0 saturated heterocycles. The number of hydrogen-bond donors (Lipinski definition) is 1. The molecular formula is C21H21N3O6S2. The van der Waals surface area contributed by atoms with Crippen LogP contribution in [0.15, 0.2) is 27.8 Å². The fourth-order valence-corrected chi connectivity index (χ4v) is 5.74. The lowest BCUT2D eigenvalue weighted by Gasteiger charge is -2.06. The third-order valence-electron chi connectivity index (χ3n) is 5.31. The molecule has 0 spiro atoms. The maximum atomic E-state index is 12.7. The normalized spacial score (nSPS) is 13.1. The summed E-state index contributed by atoms with van der Waals surface area (Å²) >= 11 is 1.27. The van der Waals surface area contributed by atoms with Gasteiger partial charge in [-0.1, -0.05) is 11.2 Å². The minimum atomic E-state index is -4.18. The van der Waals surface area contributed by atoms with Gasteiger partial charge in [0.1, 0.15) is 10.8 Å². The highest BCUT2D eigenvalue weighted by Gasteiger charge is 2.31. The molecule has 32 heavy (non-hydrogen) atoms. The van der Waals surface area contributed by atoms with E-state index in [1.807, 2.05) is 26.0 Å². The van der Waals surface area contributed by atoms with Crippen LogP contribution >= 0.6 is 11.3 Å². The Labute approximate surface area is 188 Å². The summed E-state index contributed by atoms with van der Waals surface area (Å²) < 4.78 is 35.5. The number of nitrogens with one attached hydrogen (secondary N) is 1. The van der Waals surface area contributed by atoms with Crippen molar-refractivity contribution in [2.24, 2.45) is 0 Å². The number of carbonyl (C=O) groups is 2. The Morgan fingerprint density at radius 1 is 1.19 bits per heavy atom. The molecule has 0 saturated carbocycles. The fourth-order valence-electron chi connectivity index (χ4n) is 3.53. The largest absolute Gasteiger partial charge is 0.465 e. The Hall–Kier alpha value is -3.05. The van der Waals surface area contributed by atoms with Crippen molar-refractivity contribution < 1.29 is 27.2 Å². The van der Waals surface area contributed by atoms with Crippen LogP contribution in [0.4, 0.5) is 5.00 Å². The molecule has 2 heterocycles. The van der Waals surface area contributed by atoms with Crippen molar-refractivity contribution in [1.82, 2.24) is 10.2 Å². The van der Waals surface area contributed by atoms with Gasteiger partial charge in [-0.05, 0) is 61.9 Å². The number of fused-ring (bicyclic) bond motifs is 1. The van der Waals surface area contributed by atoms with Crippen molar-refractivity contribution in [2.45, 2.75) is 38.3 Å². The van der Waals surface area contributed by atoms with Crippen LogP contribution in [0.2, 0.25) is 0 Å². The van der Waals surface area contributed by atoms with E-state index >= 15 is 0 Å². The number of rotatable bonds is 6. The molecule has 0 atom stereocenters. The third-order valence-corrected chi connectivity index (χ3v) is 7.86. The predicted octanol–water partition coefficient (Wildman–Crippen LogP) is 3.10. The summed E-state index contributed by atoms with van der Waals surface area (Å²) in [4.78, 5) is 25.7. The lowest BCUT2D eigenvalue weighted by atomic mass is 10.1. The first-order valence-corrected chi connectivity index (χ1v) is 12.3. The molecule has 2 aromatic heterocycles. The molecule has 1 aromatic carbocycles. The topological polar surface area (TPSA) is 128 Å². The number of aryl methyl sites for hydroxylation is 3. The smallest absolute Gasteiger partial charge is 0.341 e. The monoisotopic (exact) mass is 475 g/mol. The maximum Gasteiger partial charge on any atom is 0.341 e. The van der Waals surface area contributed by atoms with Gasteiger partial charge in [0.15, 0.2) is 0 Å². The number of sulfone groups is 1. The minimum Gasteiger partial charge on any atom is -0.465 e. The van der Waals surface area contributed by atoms with E-state index in [-0.39, 0.29) is 5.89 Å². The summed E-state index contributed by atoms with van der Waals surface area (Å²) in [7, 11) is -2.92. The molecule has 0 bridgehead atoms. The molecule has 9 nitrogen and oxygen atoms in total. The van der Waals surface area contributed by atoms with Gasteiger partial charge in [-0.25, -0.2) is 13.2 Å². The summed E-state index contributed by atoms with van der Waals surface area (Å²) in [6, 6.07) is 5.44. The van der Waals surface area contributed by atoms with Crippen LogP contribution in [-0.4, -0.2) is 43.4 Å². The van der Waals surface area contributed by atoms with Crippen molar-refractivity contribution in [3.63, 3.8) is 0 Å². The summed E-state index contributed by atoms with van der Waals surface area (Å²) in [5.41, 5.74) is 3.81. The van der Waals surface area contributed by atoms with Crippen LogP contribution in [-0.2, 0) is 32.2 Å². The Kier molecular flexibility index (Phi) is 5.87. The van der Waals surface area contributed by atoms with E-state index in [9.17, 15) is 18.0 Å².